The van der Waals surface area contributed by atoms with Crippen molar-refractivity contribution in [2.24, 2.45) is 0 Å². The number of carboxylic acid groups (broad SMARTS) is 2. The summed E-state index contributed by atoms with van der Waals surface area (Å²) in [5.41, 5.74) is 0. The van der Waals surface area contributed by atoms with Gasteiger partial charge in [-0.1, -0.05) is 0 Å². The largest absolute Gasteiger partial charge is 0.473 e. The molecule has 0 bridgehead atoms. The predicted octanol–water partition coefficient (Wildman–Crippen LogP) is -0.849. The van der Waals surface area contributed by atoms with Crippen LogP contribution in [0, 0.1) is 0 Å². The van der Waals surface area contributed by atoms with Crippen molar-refractivity contribution in [3.63, 3.8) is 0 Å². The maximum atomic E-state index is 9.10. The Kier molecular flexibility index (Phi) is 14.1. The van der Waals surface area contributed by atoms with E-state index >= 15 is 0 Å². The second-order valence-electron chi connectivity index (χ2n) is 0.610. The molecule has 0 aromatic rings. The molecule has 0 aromatic carbocycles. The SMILES string of the molecule is O=C(O)C(=O)O.[Fe].[Ti]. The third-order valence-corrected chi connectivity index (χ3v) is 0.183. The van der Waals surface area contributed by atoms with Crippen LogP contribution in [0.1, 0.15) is 0 Å². The zero-order valence-electron chi connectivity index (χ0n) is 3.56. The fraction of sp³-hybridized carbons (Fsp3) is 0. The minimum Gasteiger partial charge on any atom is -0.473 e. The Morgan fingerprint density at radius 3 is 1.12 bits per heavy atom. The van der Waals surface area contributed by atoms with Gasteiger partial charge in [-0.25, -0.2) is 9.59 Å². The van der Waals surface area contributed by atoms with Crippen LogP contribution in [0.25, 0.3) is 0 Å². The molecule has 2 N–H and O–H groups in total. The van der Waals surface area contributed by atoms with Crippen LogP contribution in [0.15, 0.2) is 0 Å². The molecule has 0 aliphatic rings. The molecular formula is C2H2FeO4Ti. The van der Waals surface area contributed by atoms with Gasteiger partial charge in [-0.2, -0.15) is 0 Å². The number of carbonyl (C=O) groups is 2. The summed E-state index contributed by atoms with van der Waals surface area (Å²) in [5.74, 6) is -3.65. The molecule has 0 spiro atoms. The molecule has 0 fully saturated rings. The Bertz CT molecular complexity index is 80.0. The standard InChI is InChI=1S/C2H2O4.Fe.Ti/c3-1(4)2(5)6;;/h(H,3,4)(H,5,6);;. The summed E-state index contributed by atoms with van der Waals surface area (Å²) in [6.07, 6.45) is 0. The first-order chi connectivity index (χ1) is 2.64. The van der Waals surface area contributed by atoms with Crippen LogP contribution in [0.5, 0.6) is 0 Å². The average molecular weight is 194 g/mol. The van der Waals surface area contributed by atoms with Crippen molar-refractivity contribution in [1.29, 1.82) is 0 Å². The summed E-state index contributed by atoms with van der Waals surface area (Å²) in [7, 11) is 0. The van der Waals surface area contributed by atoms with Crippen LogP contribution >= 0.6 is 0 Å². The molecule has 0 unspecified atom stereocenters. The third-order valence-electron chi connectivity index (χ3n) is 0.183. The topological polar surface area (TPSA) is 74.6 Å². The maximum absolute atomic E-state index is 9.10. The van der Waals surface area contributed by atoms with Gasteiger partial charge in [0.05, 0.1) is 0 Å². The van der Waals surface area contributed by atoms with E-state index in [0.717, 1.165) is 0 Å². The number of hydrogen-bond acceptors (Lipinski definition) is 2. The van der Waals surface area contributed by atoms with E-state index in [-0.39, 0.29) is 38.8 Å². The molecule has 4 nitrogen and oxygen atoms in total. The zero-order chi connectivity index (χ0) is 5.15. The Balaban J connectivity index is -0.000000125. The first-order valence-electron chi connectivity index (χ1n) is 1.11. The van der Waals surface area contributed by atoms with E-state index in [0.29, 0.717) is 0 Å². The zero-order valence-corrected chi connectivity index (χ0v) is 6.23. The second-order valence-corrected chi connectivity index (χ2v) is 0.610. The smallest absolute Gasteiger partial charge is 0.414 e. The van der Waals surface area contributed by atoms with Crippen molar-refractivity contribution in [2.75, 3.05) is 0 Å². The minimum absolute atomic E-state index is 0. The summed E-state index contributed by atoms with van der Waals surface area (Å²) >= 11 is 0. The van der Waals surface area contributed by atoms with Gasteiger partial charge in [0.25, 0.3) is 0 Å². The van der Waals surface area contributed by atoms with E-state index in [1.54, 1.807) is 0 Å². The summed E-state index contributed by atoms with van der Waals surface area (Å²) in [4.78, 5) is 18.2. The first kappa shape index (κ1) is 15.7. The van der Waals surface area contributed by atoms with Crippen molar-refractivity contribution in [3.05, 3.63) is 0 Å². The Morgan fingerprint density at radius 1 is 1.00 bits per heavy atom. The quantitative estimate of drug-likeness (QED) is 0.388. The van der Waals surface area contributed by atoms with Crippen molar-refractivity contribution >= 4 is 11.9 Å². The van der Waals surface area contributed by atoms with E-state index < -0.39 is 11.9 Å². The van der Waals surface area contributed by atoms with E-state index in [4.69, 9.17) is 19.8 Å². The van der Waals surface area contributed by atoms with Crippen LogP contribution in [0.3, 0.4) is 0 Å². The van der Waals surface area contributed by atoms with Gasteiger partial charge in [0.15, 0.2) is 0 Å². The van der Waals surface area contributed by atoms with Gasteiger partial charge >= 0.3 is 11.9 Å². The summed E-state index contributed by atoms with van der Waals surface area (Å²) in [6.45, 7) is 0. The maximum Gasteiger partial charge on any atom is 0.414 e. The molecule has 0 saturated carbocycles. The summed E-state index contributed by atoms with van der Waals surface area (Å²) in [6, 6.07) is 0. The summed E-state index contributed by atoms with van der Waals surface area (Å²) < 4.78 is 0. The van der Waals surface area contributed by atoms with E-state index in [1.165, 1.54) is 0 Å². The van der Waals surface area contributed by atoms with Crippen molar-refractivity contribution in [2.45, 2.75) is 0 Å². The van der Waals surface area contributed by atoms with Gasteiger partial charge < -0.3 is 10.2 Å². The molecule has 0 aliphatic heterocycles. The van der Waals surface area contributed by atoms with Gasteiger partial charge in [0.1, 0.15) is 0 Å². The number of aliphatic carboxylic acids is 2. The number of rotatable bonds is 0. The Labute approximate surface area is 70.6 Å². The first-order valence-corrected chi connectivity index (χ1v) is 1.11. The van der Waals surface area contributed by atoms with Gasteiger partial charge in [0, 0.05) is 38.8 Å². The molecule has 0 atom stereocenters. The molecule has 0 heterocycles. The van der Waals surface area contributed by atoms with Crippen LogP contribution in [0.2, 0.25) is 0 Å². The van der Waals surface area contributed by atoms with Crippen LogP contribution in [-0.2, 0) is 48.4 Å². The van der Waals surface area contributed by atoms with Crippen LogP contribution in [0.4, 0.5) is 0 Å². The van der Waals surface area contributed by atoms with Crippen molar-refractivity contribution < 1.29 is 58.6 Å². The monoisotopic (exact) mass is 194 g/mol. The fourth-order valence-corrected chi connectivity index (χ4v) is 0. The Hall–Kier alpha value is 0.174. The predicted molar refractivity (Wildman–Crippen MR) is 15.3 cm³/mol. The average Bonchev–Trinajstić information content (AvgIpc) is 1.36. The third kappa shape index (κ3) is 9.49. The molecule has 0 radical (unpaired) electrons. The van der Waals surface area contributed by atoms with Gasteiger partial charge in [-0.15, -0.1) is 0 Å². The second kappa shape index (κ2) is 7.17. The molecule has 0 saturated heterocycles. The van der Waals surface area contributed by atoms with Crippen LogP contribution in [-0.4, -0.2) is 22.2 Å². The molecule has 8 heavy (non-hydrogen) atoms. The van der Waals surface area contributed by atoms with Crippen molar-refractivity contribution in [3.8, 4) is 0 Å². The summed E-state index contributed by atoms with van der Waals surface area (Å²) in [5, 5.41) is 14.8. The Morgan fingerprint density at radius 2 is 1.12 bits per heavy atom. The number of hydrogen-bond donors (Lipinski definition) is 2. The molecule has 46 valence electrons. The normalized spacial score (nSPS) is 5.50. The van der Waals surface area contributed by atoms with Crippen LogP contribution < -0.4 is 0 Å². The molecule has 0 rings (SSSR count). The number of carboxylic acids is 2. The molecule has 0 aliphatic carbocycles. The van der Waals surface area contributed by atoms with Gasteiger partial charge in [-0.3, -0.25) is 0 Å². The van der Waals surface area contributed by atoms with Gasteiger partial charge in [0.2, 0.25) is 0 Å². The fourth-order valence-electron chi connectivity index (χ4n) is 0. The van der Waals surface area contributed by atoms with E-state index in [1.807, 2.05) is 0 Å². The van der Waals surface area contributed by atoms with E-state index in [9.17, 15) is 0 Å². The van der Waals surface area contributed by atoms with E-state index in [2.05, 4.69) is 0 Å². The minimum atomic E-state index is -1.82. The molecule has 0 aromatic heterocycles. The van der Waals surface area contributed by atoms with Crippen molar-refractivity contribution in [1.82, 2.24) is 0 Å². The molecule has 0 amide bonds. The molecular weight excluding hydrogens is 192 g/mol. The van der Waals surface area contributed by atoms with Gasteiger partial charge in [-0.05, 0) is 0 Å². The molecule has 6 heteroatoms.